The van der Waals surface area contributed by atoms with E-state index in [1.54, 1.807) is 30.5 Å². The third-order valence-electron chi connectivity index (χ3n) is 7.14. The first-order valence-electron chi connectivity index (χ1n) is 14.0. The van der Waals surface area contributed by atoms with E-state index in [4.69, 9.17) is 4.74 Å². The van der Waals surface area contributed by atoms with E-state index in [0.717, 1.165) is 48.9 Å². The highest BCUT2D eigenvalue weighted by Gasteiger charge is 2.13. The van der Waals surface area contributed by atoms with Gasteiger partial charge in [-0.25, -0.2) is 19.3 Å². The molecule has 218 valence electrons. The minimum atomic E-state index is -0.626. The number of nitrogens with zero attached hydrogens (tertiary/aromatic N) is 5. The summed E-state index contributed by atoms with van der Waals surface area (Å²) in [4.78, 5) is 28.4. The predicted octanol–water partition coefficient (Wildman–Crippen LogP) is 6.02. The average molecular weight is 579 g/mol. The van der Waals surface area contributed by atoms with Crippen molar-refractivity contribution in [1.29, 1.82) is 0 Å². The number of carbonyl (C=O) groups excluding carboxylic acids is 1. The summed E-state index contributed by atoms with van der Waals surface area (Å²) in [5.41, 5.74) is 5.23. The number of ether oxygens (including phenoxy) is 1. The fourth-order valence-corrected chi connectivity index (χ4v) is 4.81. The van der Waals surface area contributed by atoms with Crippen LogP contribution in [0.4, 0.5) is 38.9 Å². The average Bonchev–Trinajstić information content (AvgIpc) is 3.52. The summed E-state index contributed by atoms with van der Waals surface area (Å²) >= 11 is 0. The number of nitrogens with one attached hydrogen (secondary N) is 3. The van der Waals surface area contributed by atoms with Crippen LogP contribution < -0.4 is 20.9 Å². The van der Waals surface area contributed by atoms with Crippen LogP contribution in [0.5, 0.6) is 0 Å². The van der Waals surface area contributed by atoms with Gasteiger partial charge in [0.1, 0.15) is 24.6 Å². The molecule has 3 N–H and O–H groups in total. The lowest BCUT2D eigenvalue weighted by molar-refractivity contribution is 0.102. The molecule has 0 unspecified atom stereocenters. The Balaban J connectivity index is 1.16. The van der Waals surface area contributed by atoms with E-state index in [9.17, 15) is 9.18 Å². The highest BCUT2D eigenvalue weighted by atomic mass is 19.1. The zero-order chi connectivity index (χ0) is 29.6. The van der Waals surface area contributed by atoms with Gasteiger partial charge in [0.2, 0.25) is 5.95 Å². The summed E-state index contributed by atoms with van der Waals surface area (Å²) < 4.78 is 20.3. The molecule has 0 spiro atoms. The van der Waals surface area contributed by atoms with Crippen molar-refractivity contribution in [3.05, 3.63) is 108 Å². The number of benzene rings is 3. The van der Waals surface area contributed by atoms with E-state index in [2.05, 4.69) is 47.9 Å². The Labute approximate surface area is 248 Å². The number of hydrogen-bond donors (Lipinski definition) is 3. The van der Waals surface area contributed by atoms with Gasteiger partial charge < -0.3 is 25.6 Å². The fourth-order valence-electron chi connectivity index (χ4n) is 4.81. The summed E-state index contributed by atoms with van der Waals surface area (Å²) in [6.07, 6.45) is 4.99. The fraction of sp³-hybridized carbons (Fsp3) is 0.188. The van der Waals surface area contributed by atoms with Crippen molar-refractivity contribution in [2.24, 2.45) is 0 Å². The van der Waals surface area contributed by atoms with E-state index >= 15 is 0 Å². The maximum Gasteiger partial charge on any atom is 0.255 e. The van der Waals surface area contributed by atoms with Crippen LogP contribution >= 0.6 is 0 Å². The number of amides is 1. The van der Waals surface area contributed by atoms with Gasteiger partial charge in [0.25, 0.3) is 5.91 Å². The highest BCUT2D eigenvalue weighted by Crippen LogP contribution is 2.26. The van der Waals surface area contributed by atoms with Gasteiger partial charge in [-0.1, -0.05) is 18.2 Å². The van der Waals surface area contributed by atoms with Crippen molar-refractivity contribution in [1.82, 2.24) is 19.5 Å². The van der Waals surface area contributed by atoms with E-state index in [1.165, 1.54) is 6.33 Å². The second kappa shape index (κ2) is 12.7. The number of imidazole rings is 1. The Bertz CT molecular complexity index is 1720. The molecule has 1 aliphatic heterocycles. The van der Waals surface area contributed by atoms with Crippen LogP contribution in [-0.2, 0) is 11.4 Å². The van der Waals surface area contributed by atoms with Crippen molar-refractivity contribution < 1.29 is 13.9 Å². The zero-order valence-electron chi connectivity index (χ0n) is 23.6. The van der Waals surface area contributed by atoms with Crippen molar-refractivity contribution in [2.45, 2.75) is 13.6 Å². The number of hydrogen-bond acceptors (Lipinski definition) is 8. The molecule has 3 heterocycles. The molecule has 0 bridgehead atoms. The second-order valence-electron chi connectivity index (χ2n) is 10.1. The highest BCUT2D eigenvalue weighted by molar-refractivity contribution is 6.04. The quantitative estimate of drug-likeness (QED) is 0.195. The van der Waals surface area contributed by atoms with Crippen molar-refractivity contribution in [3.63, 3.8) is 0 Å². The first-order valence-corrected chi connectivity index (χ1v) is 14.0. The SMILES string of the molecule is Cc1ccc(NC(=O)c2cccc(CF)c2)cc1Nc1nccn1-c1cc(Nc2ccc(N3CCOCC3)cc2)ncn1. The second-order valence-corrected chi connectivity index (χ2v) is 10.1. The number of rotatable bonds is 9. The normalized spacial score (nSPS) is 13.0. The lowest BCUT2D eigenvalue weighted by Gasteiger charge is -2.28. The van der Waals surface area contributed by atoms with Crippen LogP contribution in [0.25, 0.3) is 5.82 Å². The molecule has 0 saturated carbocycles. The van der Waals surface area contributed by atoms with Crippen molar-refractivity contribution in [3.8, 4) is 5.82 Å². The van der Waals surface area contributed by atoms with Crippen molar-refractivity contribution in [2.75, 3.05) is 47.2 Å². The molecule has 1 amide bonds. The molecule has 0 radical (unpaired) electrons. The maximum atomic E-state index is 13.1. The minimum Gasteiger partial charge on any atom is -0.378 e. The van der Waals surface area contributed by atoms with Crippen LogP contribution in [0, 0.1) is 6.92 Å². The van der Waals surface area contributed by atoms with Gasteiger partial charge in [0, 0.05) is 59.9 Å². The van der Waals surface area contributed by atoms with Crippen LogP contribution in [0.2, 0.25) is 0 Å². The van der Waals surface area contributed by atoms with Crippen LogP contribution in [-0.4, -0.2) is 51.7 Å². The summed E-state index contributed by atoms with van der Waals surface area (Å²) in [5.74, 6) is 1.49. The third kappa shape index (κ3) is 6.62. The third-order valence-corrected chi connectivity index (χ3v) is 7.14. The van der Waals surface area contributed by atoms with Crippen molar-refractivity contribution >= 4 is 40.4 Å². The van der Waals surface area contributed by atoms with Crippen LogP contribution in [0.1, 0.15) is 21.5 Å². The Kier molecular flexibility index (Phi) is 8.23. The summed E-state index contributed by atoms with van der Waals surface area (Å²) in [7, 11) is 0. The van der Waals surface area contributed by atoms with Gasteiger partial charge in [-0.2, -0.15) is 0 Å². The molecule has 3 aromatic carbocycles. The van der Waals surface area contributed by atoms with Gasteiger partial charge in [-0.3, -0.25) is 9.36 Å². The van der Waals surface area contributed by atoms with E-state index in [1.807, 2.05) is 54.1 Å². The minimum absolute atomic E-state index is 0.316. The van der Waals surface area contributed by atoms with E-state index in [-0.39, 0.29) is 5.91 Å². The number of alkyl halides is 1. The van der Waals surface area contributed by atoms with Gasteiger partial charge in [0.15, 0.2) is 0 Å². The van der Waals surface area contributed by atoms with E-state index in [0.29, 0.717) is 34.4 Å². The summed E-state index contributed by atoms with van der Waals surface area (Å²) in [6, 6.07) is 22.2. The monoisotopic (exact) mass is 578 g/mol. The Morgan fingerprint density at radius 1 is 0.930 bits per heavy atom. The molecular weight excluding hydrogens is 547 g/mol. The van der Waals surface area contributed by atoms with Crippen LogP contribution in [0.15, 0.2) is 91.5 Å². The zero-order valence-corrected chi connectivity index (χ0v) is 23.6. The molecular formula is C32H31FN8O2. The molecule has 11 heteroatoms. The molecule has 0 aliphatic carbocycles. The molecule has 6 rings (SSSR count). The number of anilines is 6. The molecule has 1 aliphatic rings. The lowest BCUT2D eigenvalue weighted by Crippen LogP contribution is -2.36. The standard InChI is InChI=1S/C32H31FN8O2/c1-22-5-6-26(38-31(42)24-4-2-3-23(17-24)20-33)18-28(22)39-32-34-11-12-41(32)30-19-29(35-21-36-30)37-25-7-9-27(10-8-25)40-13-15-43-16-14-40/h2-12,17-19,21H,13-16,20H2,1H3,(H,34,39)(H,38,42)(H,35,36,37). The Morgan fingerprint density at radius 2 is 1.74 bits per heavy atom. The summed E-state index contributed by atoms with van der Waals surface area (Å²) in [5, 5.41) is 9.60. The molecule has 43 heavy (non-hydrogen) atoms. The van der Waals surface area contributed by atoms with Gasteiger partial charge >= 0.3 is 0 Å². The van der Waals surface area contributed by atoms with Gasteiger partial charge in [-0.05, 0) is 66.6 Å². The first kappa shape index (κ1) is 27.9. The maximum absolute atomic E-state index is 13.1. The topological polar surface area (TPSA) is 109 Å². The summed E-state index contributed by atoms with van der Waals surface area (Å²) in [6.45, 7) is 4.60. The predicted molar refractivity (Wildman–Crippen MR) is 166 cm³/mol. The van der Waals surface area contributed by atoms with Gasteiger partial charge in [-0.15, -0.1) is 0 Å². The number of carbonyl (C=O) groups is 1. The number of aryl methyl sites for hydroxylation is 1. The number of aromatic nitrogens is 4. The molecule has 10 nitrogen and oxygen atoms in total. The molecule has 0 atom stereocenters. The smallest absolute Gasteiger partial charge is 0.255 e. The Morgan fingerprint density at radius 3 is 2.56 bits per heavy atom. The lowest BCUT2D eigenvalue weighted by atomic mass is 10.1. The molecule has 5 aromatic rings. The first-order chi connectivity index (χ1) is 21.1. The van der Waals surface area contributed by atoms with E-state index < -0.39 is 6.67 Å². The van der Waals surface area contributed by atoms with Crippen LogP contribution in [0.3, 0.4) is 0 Å². The number of halogens is 1. The largest absolute Gasteiger partial charge is 0.378 e. The number of morpholine rings is 1. The Hall–Kier alpha value is -5.29. The molecule has 2 aromatic heterocycles. The molecule has 1 fully saturated rings. The van der Waals surface area contributed by atoms with Gasteiger partial charge in [0.05, 0.1) is 13.2 Å². The molecule has 1 saturated heterocycles.